The van der Waals surface area contributed by atoms with Crippen molar-refractivity contribution in [3.63, 3.8) is 0 Å². The van der Waals surface area contributed by atoms with Crippen molar-refractivity contribution < 1.29 is 13.5 Å². The molecule has 0 bridgehead atoms. The first-order valence-electron chi connectivity index (χ1n) is 4.42. The molecule has 1 aromatic rings. The number of hydrogen-bond acceptors (Lipinski definition) is 3. The van der Waals surface area contributed by atoms with Crippen molar-refractivity contribution in [2.75, 3.05) is 6.61 Å². The highest BCUT2D eigenvalue weighted by atomic mass is 35.5. The minimum Gasteiger partial charge on any atom is -0.396 e. The lowest BCUT2D eigenvalue weighted by Crippen LogP contribution is -2.02. The Morgan fingerprint density at radius 3 is 2.73 bits per heavy atom. The third-order valence-corrected chi connectivity index (χ3v) is 4.48. The van der Waals surface area contributed by atoms with Crippen LogP contribution in [0.1, 0.15) is 12.0 Å². The molecule has 0 amide bonds. The molecule has 1 aromatic carbocycles. The van der Waals surface area contributed by atoms with Gasteiger partial charge in [-0.05, 0) is 29.8 Å². The van der Waals surface area contributed by atoms with E-state index in [1.807, 2.05) is 0 Å². The van der Waals surface area contributed by atoms with Gasteiger partial charge in [-0.2, -0.15) is 0 Å². The van der Waals surface area contributed by atoms with Crippen LogP contribution >= 0.6 is 11.6 Å². The predicted octanol–water partition coefficient (Wildman–Crippen LogP) is 1.85. The Morgan fingerprint density at radius 2 is 2.07 bits per heavy atom. The molecule has 3 nitrogen and oxygen atoms in total. The van der Waals surface area contributed by atoms with Gasteiger partial charge in [-0.1, -0.05) is 11.6 Å². The van der Waals surface area contributed by atoms with E-state index in [0.29, 0.717) is 10.6 Å². The van der Waals surface area contributed by atoms with Crippen LogP contribution in [0.2, 0.25) is 5.02 Å². The number of sulfone groups is 1. The summed E-state index contributed by atoms with van der Waals surface area (Å²) in [5.74, 6) is 0. The van der Waals surface area contributed by atoms with E-state index in [-0.39, 0.29) is 22.8 Å². The van der Waals surface area contributed by atoms with Gasteiger partial charge < -0.3 is 5.11 Å². The minimum absolute atomic E-state index is 0.147. The lowest BCUT2D eigenvalue weighted by Gasteiger charge is -2.01. The molecule has 0 saturated carbocycles. The molecule has 2 rings (SSSR count). The van der Waals surface area contributed by atoms with Crippen molar-refractivity contribution in [1.82, 2.24) is 0 Å². The molecule has 1 heterocycles. The van der Waals surface area contributed by atoms with Crippen LogP contribution in [0.15, 0.2) is 28.0 Å². The quantitative estimate of drug-likeness (QED) is 0.864. The fraction of sp³-hybridized carbons (Fsp3) is 0.200. The lowest BCUT2D eigenvalue weighted by molar-refractivity contribution is 0.301. The number of hydrogen-bond donors (Lipinski definition) is 1. The zero-order valence-electron chi connectivity index (χ0n) is 7.77. The van der Waals surface area contributed by atoms with Crippen molar-refractivity contribution in [3.8, 4) is 0 Å². The highest BCUT2D eigenvalue weighted by molar-refractivity contribution is 7.95. The Labute approximate surface area is 92.9 Å². The summed E-state index contributed by atoms with van der Waals surface area (Å²) in [4.78, 5) is 0.526. The minimum atomic E-state index is -3.38. The average molecular weight is 245 g/mol. The number of fused-ring (bicyclic) bond motifs is 1. The fourth-order valence-electron chi connectivity index (χ4n) is 1.59. The van der Waals surface area contributed by atoms with Gasteiger partial charge in [-0.25, -0.2) is 8.42 Å². The number of aliphatic hydroxyl groups excluding tert-OH is 1. The molecular formula is C10H9ClO3S. The van der Waals surface area contributed by atoms with Crippen LogP contribution in [0, 0.1) is 0 Å². The summed E-state index contributed by atoms with van der Waals surface area (Å²) in [5.41, 5.74) is 0.603. The van der Waals surface area contributed by atoms with Crippen molar-refractivity contribution in [3.05, 3.63) is 33.7 Å². The van der Waals surface area contributed by atoms with E-state index < -0.39 is 9.84 Å². The highest BCUT2D eigenvalue weighted by Crippen LogP contribution is 2.35. The zero-order valence-corrected chi connectivity index (χ0v) is 9.35. The molecule has 0 aromatic heterocycles. The van der Waals surface area contributed by atoms with Gasteiger partial charge in [-0.3, -0.25) is 0 Å². The summed E-state index contributed by atoms with van der Waals surface area (Å²) >= 11 is 5.77. The smallest absolute Gasteiger partial charge is 0.203 e. The van der Waals surface area contributed by atoms with Gasteiger partial charge in [0, 0.05) is 18.1 Å². The van der Waals surface area contributed by atoms with E-state index in [2.05, 4.69) is 0 Å². The van der Waals surface area contributed by atoms with E-state index in [1.165, 1.54) is 6.07 Å². The first kappa shape index (κ1) is 10.7. The van der Waals surface area contributed by atoms with Gasteiger partial charge in [0.1, 0.15) is 0 Å². The first-order valence-corrected chi connectivity index (χ1v) is 6.28. The maximum atomic E-state index is 11.9. The molecule has 1 N–H and O–H groups in total. The Balaban J connectivity index is 2.58. The van der Waals surface area contributed by atoms with Crippen molar-refractivity contribution >= 4 is 27.5 Å². The molecule has 15 heavy (non-hydrogen) atoms. The first-order chi connectivity index (χ1) is 7.05. The molecular weight excluding hydrogens is 236 g/mol. The normalized spacial score (nSPS) is 17.3. The van der Waals surface area contributed by atoms with Gasteiger partial charge >= 0.3 is 0 Å². The monoisotopic (exact) mass is 244 g/mol. The van der Waals surface area contributed by atoms with Crippen molar-refractivity contribution in [2.24, 2.45) is 0 Å². The molecule has 1 aliphatic heterocycles. The third-order valence-electron chi connectivity index (χ3n) is 2.28. The van der Waals surface area contributed by atoms with E-state index in [9.17, 15) is 8.42 Å². The number of benzene rings is 1. The summed E-state index contributed by atoms with van der Waals surface area (Å²) in [6, 6.07) is 4.65. The molecule has 1 aliphatic rings. The summed E-state index contributed by atoms with van der Waals surface area (Å²) in [5, 5.41) is 9.27. The van der Waals surface area contributed by atoms with Crippen LogP contribution in [-0.2, 0) is 9.84 Å². The lowest BCUT2D eigenvalue weighted by atomic mass is 10.2. The number of halogens is 1. The van der Waals surface area contributed by atoms with Gasteiger partial charge in [0.15, 0.2) is 0 Å². The Hall–Kier alpha value is -0.840. The van der Waals surface area contributed by atoms with Gasteiger partial charge in [-0.15, -0.1) is 0 Å². The summed E-state index contributed by atoms with van der Waals surface area (Å²) in [6.45, 7) is -0.174. The summed E-state index contributed by atoms with van der Waals surface area (Å²) in [7, 11) is -3.38. The van der Waals surface area contributed by atoms with E-state index in [0.717, 1.165) is 0 Å². The van der Waals surface area contributed by atoms with E-state index in [4.69, 9.17) is 16.7 Å². The van der Waals surface area contributed by atoms with E-state index in [1.54, 1.807) is 18.2 Å². The molecule has 0 fully saturated rings. The number of aliphatic hydroxyl groups is 1. The molecule has 5 heteroatoms. The van der Waals surface area contributed by atoms with Gasteiger partial charge in [0.2, 0.25) is 9.84 Å². The van der Waals surface area contributed by atoms with Crippen LogP contribution < -0.4 is 0 Å². The van der Waals surface area contributed by atoms with Crippen LogP contribution in [0.4, 0.5) is 0 Å². The second-order valence-electron chi connectivity index (χ2n) is 3.27. The highest BCUT2D eigenvalue weighted by Gasteiger charge is 2.28. The predicted molar refractivity (Wildman–Crippen MR) is 58.3 cm³/mol. The van der Waals surface area contributed by atoms with Gasteiger partial charge in [0.05, 0.1) is 9.80 Å². The molecule has 80 valence electrons. The molecule has 0 spiro atoms. The summed E-state index contributed by atoms with van der Waals surface area (Å²) < 4.78 is 23.7. The molecule has 0 atom stereocenters. The van der Waals surface area contributed by atoms with Crippen LogP contribution in [0.25, 0.3) is 6.08 Å². The third kappa shape index (κ3) is 1.69. The second kappa shape index (κ2) is 3.63. The Bertz CT molecular complexity index is 532. The number of rotatable bonds is 2. The molecule has 0 unspecified atom stereocenters. The fourth-order valence-corrected chi connectivity index (χ4v) is 3.37. The maximum absolute atomic E-state index is 11.9. The van der Waals surface area contributed by atoms with Crippen LogP contribution in [-0.4, -0.2) is 20.1 Å². The van der Waals surface area contributed by atoms with Crippen LogP contribution in [0.5, 0.6) is 0 Å². The van der Waals surface area contributed by atoms with Gasteiger partial charge in [0.25, 0.3) is 0 Å². The molecule has 0 radical (unpaired) electrons. The van der Waals surface area contributed by atoms with Crippen molar-refractivity contribution in [1.29, 1.82) is 0 Å². The van der Waals surface area contributed by atoms with Crippen molar-refractivity contribution in [2.45, 2.75) is 11.3 Å². The Morgan fingerprint density at radius 1 is 1.33 bits per heavy atom. The van der Waals surface area contributed by atoms with E-state index >= 15 is 0 Å². The maximum Gasteiger partial charge on any atom is 0.203 e. The summed E-state index contributed by atoms with van der Waals surface area (Å²) in [6.07, 6.45) is 1.71. The standard InChI is InChI=1S/C10H9ClO3S/c11-8-1-2-10-7(5-8)6-9(3-4-12)15(10,13)14/h1-2,5-6,12H,3-4H2. The molecule has 0 saturated heterocycles. The SMILES string of the molecule is O=S1(=O)C(CCO)=Cc2cc(Cl)ccc21. The zero-order chi connectivity index (χ0) is 11.1. The second-order valence-corrected chi connectivity index (χ2v) is 5.68. The average Bonchev–Trinajstić information content (AvgIpc) is 2.39. The molecule has 0 aliphatic carbocycles. The topological polar surface area (TPSA) is 54.4 Å². The van der Waals surface area contributed by atoms with Crippen LogP contribution in [0.3, 0.4) is 0 Å². The Kier molecular flexibility index (Phi) is 2.58. The largest absolute Gasteiger partial charge is 0.396 e.